The topological polar surface area (TPSA) is 27.1 Å². The zero-order chi connectivity index (χ0) is 11.5. The van der Waals surface area contributed by atoms with E-state index < -0.39 is 0 Å². The molecule has 1 heterocycles. The number of hydrogen-bond acceptors (Lipinski definition) is 2. The van der Waals surface area contributed by atoms with Gasteiger partial charge in [-0.2, -0.15) is 5.10 Å². The van der Waals surface area contributed by atoms with E-state index in [1.807, 2.05) is 19.9 Å². The number of ether oxygens (including phenoxy) is 1. The predicted octanol–water partition coefficient (Wildman–Crippen LogP) is 2.72. The molecular weight excluding hydrogens is 207 g/mol. The van der Waals surface area contributed by atoms with Crippen molar-refractivity contribution in [2.24, 2.45) is 0 Å². The Morgan fingerprint density at radius 1 is 1.38 bits per heavy atom. The fourth-order valence-corrected chi connectivity index (χ4v) is 1.52. The highest BCUT2D eigenvalue weighted by molar-refractivity contribution is 5.36. The van der Waals surface area contributed by atoms with Crippen LogP contribution in [-0.4, -0.2) is 16.4 Å². The van der Waals surface area contributed by atoms with Gasteiger partial charge in [-0.3, -0.25) is 0 Å². The van der Waals surface area contributed by atoms with Crippen LogP contribution >= 0.6 is 0 Å². The Hall–Kier alpha value is -1.84. The van der Waals surface area contributed by atoms with Crippen molar-refractivity contribution in [1.82, 2.24) is 9.78 Å². The molecule has 0 aliphatic heterocycles. The van der Waals surface area contributed by atoms with Crippen LogP contribution in [0, 0.1) is 12.7 Å². The molecule has 0 spiro atoms. The van der Waals surface area contributed by atoms with Crippen LogP contribution in [-0.2, 0) is 0 Å². The molecule has 0 fully saturated rings. The second kappa shape index (κ2) is 4.35. The number of aromatic nitrogens is 2. The minimum atomic E-state index is -0.284. The zero-order valence-corrected chi connectivity index (χ0v) is 9.27. The molecule has 0 N–H and O–H groups in total. The molecule has 84 valence electrons. The number of nitrogens with zero attached hydrogens (tertiary/aromatic N) is 2. The molecule has 4 heteroatoms. The van der Waals surface area contributed by atoms with E-state index in [2.05, 4.69) is 5.10 Å². The summed E-state index contributed by atoms with van der Waals surface area (Å²) in [5, 5.41) is 4.27. The average molecular weight is 220 g/mol. The first-order chi connectivity index (χ1) is 7.70. The highest BCUT2D eigenvalue weighted by atomic mass is 19.1. The first-order valence-electron chi connectivity index (χ1n) is 5.16. The molecule has 2 aromatic rings. The summed E-state index contributed by atoms with van der Waals surface area (Å²) in [5.41, 5.74) is 1.50. The molecule has 1 aromatic heterocycles. The summed E-state index contributed by atoms with van der Waals surface area (Å²) in [4.78, 5) is 0. The van der Waals surface area contributed by atoms with E-state index in [-0.39, 0.29) is 5.82 Å². The number of rotatable bonds is 3. The summed E-state index contributed by atoms with van der Waals surface area (Å²) in [5.74, 6) is 0.346. The molecular formula is C12H13FN2O. The van der Waals surface area contributed by atoms with E-state index in [0.29, 0.717) is 18.2 Å². The van der Waals surface area contributed by atoms with Crippen LogP contribution in [0.4, 0.5) is 4.39 Å². The third-order valence-electron chi connectivity index (χ3n) is 2.14. The van der Waals surface area contributed by atoms with Crippen LogP contribution in [0.25, 0.3) is 5.69 Å². The Morgan fingerprint density at radius 3 is 2.88 bits per heavy atom. The summed E-state index contributed by atoms with van der Waals surface area (Å²) < 4.78 is 20.1. The van der Waals surface area contributed by atoms with E-state index in [0.717, 1.165) is 5.69 Å². The molecule has 0 atom stereocenters. The first-order valence-corrected chi connectivity index (χ1v) is 5.16. The first kappa shape index (κ1) is 10.7. The lowest BCUT2D eigenvalue weighted by Gasteiger charge is -2.07. The smallest absolute Gasteiger partial charge is 0.216 e. The SMILES string of the molecule is CCOc1cc(C)nn1-c1cccc(F)c1. The summed E-state index contributed by atoms with van der Waals surface area (Å²) in [6.07, 6.45) is 0. The largest absolute Gasteiger partial charge is 0.478 e. The molecule has 0 aliphatic carbocycles. The Morgan fingerprint density at radius 2 is 2.19 bits per heavy atom. The lowest BCUT2D eigenvalue weighted by atomic mass is 10.3. The standard InChI is InChI=1S/C12H13FN2O/c1-3-16-12-7-9(2)14-15(12)11-6-4-5-10(13)8-11/h4-8H,3H2,1-2H3. The number of benzene rings is 1. The Bertz CT molecular complexity index is 494. The minimum Gasteiger partial charge on any atom is -0.478 e. The molecule has 0 saturated heterocycles. The van der Waals surface area contributed by atoms with Crippen LogP contribution in [0.3, 0.4) is 0 Å². The maximum absolute atomic E-state index is 13.1. The summed E-state index contributed by atoms with van der Waals surface area (Å²) >= 11 is 0. The van der Waals surface area contributed by atoms with Crippen molar-refractivity contribution < 1.29 is 9.13 Å². The van der Waals surface area contributed by atoms with Crippen molar-refractivity contribution in [3.8, 4) is 11.6 Å². The van der Waals surface area contributed by atoms with Crippen molar-refractivity contribution >= 4 is 0 Å². The lowest BCUT2D eigenvalue weighted by molar-refractivity contribution is 0.316. The summed E-state index contributed by atoms with van der Waals surface area (Å²) in [6.45, 7) is 4.33. The van der Waals surface area contributed by atoms with Gasteiger partial charge in [0.2, 0.25) is 5.88 Å². The molecule has 0 amide bonds. The molecule has 3 nitrogen and oxygen atoms in total. The van der Waals surface area contributed by atoms with Crippen molar-refractivity contribution in [3.63, 3.8) is 0 Å². The molecule has 0 aliphatic rings. The van der Waals surface area contributed by atoms with Crippen molar-refractivity contribution in [3.05, 3.63) is 41.8 Å². The van der Waals surface area contributed by atoms with E-state index >= 15 is 0 Å². The van der Waals surface area contributed by atoms with Crippen LogP contribution in [0.2, 0.25) is 0 Å². The molecule has 0 bridgehead atoms. The fraction of sp³-hybridized carbons (Fsp3) is 0.250. The molecule has 0 radical (unpaired) electrons. The third-order valence-corrected chi connectivity index (χ3v) is 2.14. The van der Waals surface area contributed by atoms with Gasteiger partial charge in [0.05, 0.1) is 18.0 Å². The lowest BCUT2D eigenvalue weighted by Crippen LogP contribution is -2.02. The van der Waals surface area contributed by atoms with E-state index in [1.54, 1.807) is 16.8 Å². The highest BCUT2D eigenvalue weighted by Gasteiger charge is 2.08. The maximum Gasteiger partial charge on any atom is 0.216 e. The van der Waals surface area contributed by atoms with Crippen molar-refractivity contribution in [2.75, 3.05) is 6.61 Å². The van der Waals surface area contributed by atoms with Crippen LogP contribution in [0.5, 0.6) is 5.88 Å². The van der Waals surface area contributed by atoms with Gasteiger partial charge in [0.1, 0.15) is 5.82 Å². The van der Waals surface area contributed by atoms with Crippen LogP contribution in [0.1, 0.15) is 12.6 Å². The highest BCUT2D eigenvalue weighted by Crippen LogP contribution is 2.19. The molecule has 16 heavy (non-hydrogen) atoms. The van der Waals surface area contributed by atoms with E-state index in [9.17, 15) is 4.39 Å². The Labute approximate surface area is 93.5 Å². The van der Waals surface area contributed by atoms with Gasteiger partial charge in [-0.1, -0.05) is 6.07 Å². The van der Waals surface area contributed by atoms with Gasteiger partial charge in [0.15, 0.2) is 0 Å². The van der Waals surface area contributed by atoms with Crippen molar-refractivity contribution in [1.29, 1.82) is 0 Å². The van der Waals surface area contributed by atoms with Gasteiger partial charge in [0.25, 0.3) is 0 Å². The number of aryl methyl sites for hydroxylation is 1. The molecule has 2 rings (SSSR count). The van der Waals surface area contributed by atoms with Crippen LogP contribution in [0.15, 0.2) is 30.3 Å². The van der Waals surface area contributed by atoms with Gasteiger partial charge >= 0.3 is 0 Å². The molecule has 0 saturated carbocycles. The fourth-order valence-electron chi connectivity index (χ4n) is 1.52. The Balaban J connectivity index is 2.46. The number of hydrogen-bond donors (Lipinski definition) is 0. The zero-order valence-electron chi connectivity index (χ0n) is 9.27. The van der Waals surface area contributed by atoms with Gasteiger partial charge in [0, 0.05) is 6.07 Å². The number of halogens is 1. The predicted molar refractivity (Wildman–Crippen MR) is 59.4 cm³/mol. The minimum absolute atomic E-state index is 0.284. The van der Waals surface area contributed by atoms with Crippen molar-refractivity contribution in [2.45, 2.75) is 13.8 Å². The maximum atomic E-state index is 13.1. The third kappa shape index (κ3) is 2.05. The van der Waals surface area contributed by atoms with Gasteiger partial charge in [-0.15, -0.1) is 0 Å². The molecule has 0 unspecified atom stereocenters. The van der Waals surface area contributed by atoms with Gasteiger partial charge in [-0.05, 0) is 32.0 Å². The van der Waals surface area contributed by atoms with Gasteiger partial charge in [-0.25, -0.2) is 9.07 Å². The average Bonchev–Trinajstić information content (AvgIpc) is 2.60. The quantitative estimate of drug-likeness (QED) is 0.795. The Kier molecular flexibility index (Phi) is 2.90. The summed E-state index contributed by atoms with van der Waals surface area (Å²) in [6, 6.07) is 8.10. The normalized spacial score (nSPS) is 10.4. The second-order valence-corrected chi connectivity index (χ2v) is 3.45. The van der Waals surface area contributed by atoms with Gasteiger partial charge < -0.3 is 4.74 Å². The second-order valence-electron chi connectivity index (χ2n) is 3.45. The van der Waals surface area contributed by atoms with Crippen LogP contribution < -0.4 is 4.74 Å². The summed E-state index contributed by atoms with van der Waals surface area (Å²) in [7, 11) is 0. The van der Waals surface area contributed by atoms with E-state index in [4.69, 9.17) is 4.74 Å². The molecule has 1 aromatic carbocycles. The monoisotopic (exact) mass is 220 g/mol. The van der Waals surface area contributed by atoms with E-state index in [1.165, 1.54) is 12.1 Å².